The van der Waals surface area contributed by atoms with E-state index in [1.807, 2.05) is 6.92 Å². The monoisotopic (exact) mass is 1160 g/mol. The zero-order valence-corrected chi connectivity index (χ0v) is 48.5. The molecule has 6 amide bonds. The largest absolute Gasteiger partial charge is 0.445 e. The minimum Gasteiger partial charge on any atom is -0.445 e. The summed E-state index contributed by atoms with van der Waals surface area (Å²) in [5.74, 6) is 0.472. The number of anilines is 1. The van der Waals surface area contributed by atoms with Crippen LogP contribution in [0, 0.1) is 46.3 Å². The fraction of sp³-hybridized carbons (Fsp3) is 0.672. The third-order valence-electron chi connectivity index (χ3n) is 18.1. The number of benzene rings is 1. The number of nitrogens with two attached hydrogens (primary N) is 2. The maximum atomic E-state index is 17.9. The van der Waals surface area contributed by atoms with Crippen LogP contribution in [0.25, 0.3) is 0 Å². The second-order valence-electron chi connectivity index (χ2n) is 24.0. The second-order valence-corrected chi connectivity index (χ2v) is 24.0. The zero-order chi connectivity index (χ0) is 60.3. The molecule has 1 aliphatic heterocycles. The van der Waals surface area contributed by atoms with Crippen LogP contribution in [0.3, 0.4) is 0 Å². The molecule has 10 N–H and O–H groups in total. The molecular formula is C61H85F2N7O13. The van der Waals surface area contributed by atoms with Gasteiger partial charge in [-0.3, -0.25) is 28.8 Å². The van der Waals surface area contributed by atoms with Gasteiger partial charge < -0.3 is 62.1 Å². The number of hydrogen-bond donors (Lipinski definition) is 8. The Morgan fingerprint density at radius 3 is 2.41 bits per heavy atom. The van der Waals surface area contributed by atoms with Gasteiger partial charge in [-0.25, -0.2) is 18.4 Å². The van der Waals surface area contributed by atoms with Crippen molar-refractivity contribution in [2.45, 2.75) is 198 Å². The van der Waals surface area contributed by atoms with Crippen molar-refractivity contribution in [2.24, 2.45) is 46.0 Å². The summed E-state index contributed by atoms with van der Waals surface area (Å²) in [4.78, 5) is 105. The van der Waals surface area contributed by atoms with Gasteiger partial charge in [0.1, 0.15) is 25.5 Å². The molecule has 0 spiro atoms. The van der Waals surface area contributed by atoms with Gasteiger partial charge in [0.05, 0.1) is 30.8 Å². The SMILES string of the molecule is CCCC1O[C@@H]2C[C@H]3[C@@H]4C[C@H](F)C5=CC(=O)C=C[C@]5(C)[C@@]4(F)[C@@H](O)C[C@]3(C)[C@]2(C(=O)CNC(=O)OCc2ccc(NC(=O)[C@H](CCCNC(N)=O)CC(=O)[C@@H](NC(=O)[C@H](N)CCCCNC(=O)COC3C#CCCCCC3)C(C)C)cc2)O1. The lowest BCUT2D eigenvalue weighted by atomic mass is 9.44. The number of aliphatic hydroxyl groups is 1. The molecule has 1 heterocycles. The zero-order valence-electron chi connectivity index (χ0n) is 48.5. The molecule has 3 saturated carbocycles. The van der Waals surface area contributed by atoms with Gasteiger partial charge in [-0.15, -0.1) is 5.92 Å². The Kier molecular flexibility index (Phi) is 21.9. The lowest BCUT2D eigenvalue weighted by Crippen LogP contribution is -2.71. The molecule has 1 aromatic rings. The molecule has 6 aliphatic rings. The van der Waals surface area contributed by atoms with Crippen LogP contribution >= 0.6 is 0 Å². The van der Waals surface area contributed by atoms with Gasteiger partial charge >= 0.3 is 12.1 Å². The van der Waals surface area contributed by atoms with Crippen LogP contribution in [0.1, 0.15) is 143 Å². The highest BCUT2D eigenvalue weighted by atomic mass is 19.1. The molecule has 1 aromatic carbocycles. The van der Waals surface area contributed by atoms with Crippen LogP contribution in [-0.2, 0) is 54.3 Å². The molecule has 22 heteroatoms. The Labute approximate surface area is 484 Å². The summed E-state index contributed by atoms with van der Waals surface area (Å²) < 4.78 is 58.1. The Hall–Kier alpha value is -6.12. The van der Waals surface area contributed by atoms with Gasteiger partial charge in [0.25, 0.3) is 0 Å². The maximum Gasteiger partial charge on any atom is 0.407 e. The van der Waals surface area contributed by atoms with Crippen molar-refractivity contribution < 1.29 is 71.2 Å². The number of hydrogen-bond acceptors (Lipinski definition) is 14. The van der Waals surface area contributed by atoms with Crippen LogP contribution in [-0.4, -0.2) is 133 Å². The quantitative estimate of drug-likeness (QED) is 0.0384. The molecule has 7 rings (SSSR count). The van der Waals surface area contributed by atoms with E-state index in [9.17, 15) is 43.5 Å². The van der Waals surface area contributed by atoms with Crippen LogP contribution in [0.2, 0.25) is 0 Å². The summed E-state index contributed by atoms with van der Waals surface area (Å²) in [6.45, 7) is 8.33. The van der Waals surface area contributed by atoms with E-state index in [1.54, 1.807) is 45.0 Å². The number of carbonyl (C=O) groups excluding carboxylic acids is 8. The fourth-order valence-electron chi connectivity index (χ4n) is 13.6. The summed E-state index contributed by atoms with van der Waals surface area (Å²) >= 11 is 0. The van der Waals surface area contributed by atoms with Crippen molar-refractivity contribution in [1.82, 2.24) is 21.3 Å². The summed E-state index contributed by atoms with van der Waals surface area (Å²) in [5, 5.41) is 25.4. The van der Waals surface area contributed by atoms with Crippen molar-refractivity contribution >= 4 is 52.9 Å². The maximum absolute atomic E-state index is 17.9. The number of ether oxygens (including phenoxy) is 4. The lowest BCUT2D eigenvalue weighted by Gasteiger charge is -2.63. The number of allylic oxidation sites excluding steroid dienone is 4. The molecule has 83 heavy (non-hydrogen) atoms. The highest BCUT2D eigenvalue weighted by molar-refractivity contribution is 6.01. The van der Waals surface area contributed by atoms with Gasteiger partial charge in [-0.1, -0.05) is 64.7 Å². The van der Waals surface area contributed by atoms with E-state index in [0.717, 1.165) is 38.2 Å². The van der Waals surface area contributed by atoms with Crippen molar-refractivity contribution in [3.8, 4) is 11.8 Å². The average Bonchev–Trinajstić information content (AvgIpc) is 1.63. The predicted octanol–water partition coefficient (Wildman–Crippen LogP) is 5.76. The van der Waals surface area contributed by atoms with Crippen LogP contribution in [0.15, 0.2) is 48.1 Å². The Morgan fingerprint density at radius 1 is 0.940 bits per heavy atom. The number of fused-ring (bicyclic) bond motifs is 7. The first-order chi connectivity index (χ1) is 39.5. The van der Waals surface area contributed by atoms with Crippen molar-refractivity contribution in [3.63, 3.8) is 0 Å². The van der Waals surface area contributed by atoms with E-state index in [4.69, 9.17) is 30.4 Å². The number of primary amides is 1. The van der Waals surface area contributed by atoms with E-state index < -0.39 is 124 Å². The Bertz CT molecular complexity index is 2680. The fourth-order valence-corrected chi connectivity index (χ4v) is 13.6. The van der Waals surface area contributed by atoms with Crippen LogP contribution in [0.5, 0.6) is 0 Å². The first kappa shape index (κ1) is 64.4. The van der Waals surface area contributed by atoms with Gasteiger partial charge in [-0.05, 0) is 131 Å². The number of aliphatic hydroxyl groups excluding tert-OH is 1. The van der Waals surface area contributed by atoms with E-state index in [2.05, 4.69) is 38.4 Å². The smallest absolute Gasteiger partial charge is 0.407 e. The van der Waals surface area contributed by atoms with Crippen molar-refractivity contribution in [3.05, 3.63) is 53.6 Å². The number of Topliss-reactive ketones (excluding diaryl/α,β-unsaturated/α-hetero) is 2. The molecule has 0 aromatic heterocycles. The van der Waals surface area contributed by atoms with Gasteiger partial charge in [0.15, 0.2) is 34.9 Å². The summed E-state index contributed by atoms with van der Waals surface area (Å²) in [7, 11) is 0. The number of rotatable bonds is 27. The average molecular weight is 1160 g/mol. The lowest BCUT2D eigenvalue weighted by molar-refractivity contribution is -0.233. The third kappa shape index (κ3) is 14.5. The highest BCUT2D eigenvalue weighted by Crippen LogP contribution is 2.72. The first-order valence-corrected chi connectivity index (χ1v) is 29.6. The number of ketones is 3. The number of carbonyl (C=O) groups is 8. The minimum absolute atomic E-state index is 0.0132. The van der Waals surface area contributed by atoms with Crippen LogP contribution in [0.4, 0.5) is 24.1 Å². The van der Waals surface area contributed by atoms with E-state index in [1.165, 1.54) is 19.1 Å². The summed E-state index contributed by atoms with van der Waals surface area (Å²) in [6, 6.07) is 3.72. The number of halogens is 2. The number of unbranched alkanes of at least 4 members (excludes halogenated alkanes) is 1. The molecular weight excluding hydrogens is 1080 g/mol. The van der Waals surface area contributed by atoms with Gasteiger partial charge in [-0.2, -0.15) is 0 Å². The topological polar surface area (TPSA) is 306 Å². The third-order valence-corrected chi connectivity index (χ3v) is 18.1. The van der Waals surface area contributed by atoms with Gasteiger partial charge in [0.2, 0.25) is 17.7 Å². The predicted molar refractivity (Wildman–Crippen MR) is 302 cm³/mol. The molecule has 2 unspecified atom stereocenters. The Morgan fingerprint density at radius 2 is 1.69 bits per heavy atom. The molecule has 5 aliphatic carbocycles. The number of alkyl halides is 2. The number of nitrogens with one attached hydrogen (secondary N) is 5. The molecule has 14 atom stereocenters. The normalized spacial score (nSPS) is 30.7. The molecule has 4 fully saturated rings. The number of urea groups is 1. The van der Waals surface area contributed by atoms with E-state index in [-0.39, 0.29) is 75.4 Å². The second kappa shape index (κ2) is 28.2. The number of amides is 6. The highest BCUT2D eigenvalue weighted by Gasteiger charge is 2.80. The molecule has 0 radical (unpaired) electrons. The number of alkyl carbamates (subject to hydrolysis) is 1. The van der Waals surface area contributed by atoms with E-state index >= 15 is 8.78 Å². The standard InChI is InChI=1S/C61H85F2N7O13/c1-6-15-52-82-50-31-42-43-30-45(62)44-29-40(71)24-25-58(44,4)60(43,63)48(73)32-59(42,5)61(50,83-52)49(74)33-68-57(79)81-34-37-20-22-39(23-21-37)69-54(76)38(16-14-27-67-56(65)78)28-47(72)53(36(2)3)70-55(77)46(64)19-12-13-26-66-51(75)35-80-41-17-10-8-7-9-11-18-41/h20-25,29,36,38,41-43,45-46,48,50,52-53,73H,6-10,12-17,19,26-28,30-35,64H2,1-5H3,(H,66,75)(H,68,79)(H,69,76)(H,70,77)(H3,65,67,78)/t38-,41?,42+,43+,45+,46-,48+,50-,52?,53+,58+,59+,60+,61-/m1/s1. The first-order valence-electron chi connectivity index (χ1n) is 29.6. The molecule has 456 valence electrons. The molecule has 0 bridgehead atoms. The summed E-state index contributed by atoms with van der Waals surface area (Å²) in [5.41, 5.74) is 5.38. The molecule has 20 nitrogen and oxygen atoms in total. The van der Waals surface area contributed by atoms with Crippen molar-refractivity contribution in [1.29, 1.82) is 0 Å². The van der Waals surface area contributed by atoms with E-state index in [0.29, 0.717) is 56.3 Å². The van der Waals surface area contributed by atoms with Crippen molar-refractivity contribution in [2.75, 3.05) is 31.6 Å². The van der Waals surface area contributed by atoms with Gasteiger partial charge in [0, 0.05) is 54.3 Å². The van der Waals surface area contributed by atoms with Crippen LogP contribution < -0.4 is 38.1 Å². The Balaban J connectivity index is 0.898. The molecule has 1 saturated heterocycles. The minimum atomic E-state index is -2.38. The summed E-state index contributed by atoms with van der Waals surface area (Å²) in [6.07, 6.45) is 4.56.